The second-order valence-corrected chi connectivity index (χ2v) is 10.1. The molecule has 2 aliphatic heterocycles. The third-order valence-electron chi connectivity index (χ3n) is 7.55. The van der Waals surface area contributed by atoms with E-state index in [-0.39, 0.29) is 17.8 Å². The van der Waals surface area contributed by atoms with Crippen molar-refractivity contribution in [2.45, 2.75) is 45.3 Å². The minimum absolute atomic E-state index is 0.0916. The van der Waals surface area contributed by atoms with Gasteiger partial charge in [0.05, 0.1) is 18.2 Å². The number of benzene rings is 1. The average molecular weight is 450 g/mol. The van der Waals surface area contributed by atoms with E-state index >= 15 is 0 Å². The molecule has 4 heterocycles. The molecule has 7 nitrogen and oxygen atoms in total. The summed E-state index contributed by atoms with van der Waals surface area (Å²) in [4.78, 5) is 16.6. The van der Waals surface area contributed by atoms with Crippen molar-refractivity contribution in [2.24, 2.45) is 5.41 Å². The van der Waals surface area contributed by atoms with Gasteiger partial charge in [-0.15, -0.1) is 10.2 Å². The first-order chi connectivity index (χ1) is 15.9. The van der Waals surface area contributed by atoms with Crippen LogP contribution in [0.2, 0.25) is 0 Å². The minimum atomic E-state index is -0.197. The standard InChI is InChI=1S/C25H28FN5O2/c1-16-5-6-21(19-11-29(2)24(32)23(16)19)33-18-9-25(10-18)13-30(14-25)7-3-4-17-8-22-28-27-15-31(22)12-20(17)26/h5-6,8,12,15,18H,3-4,7,9-11,13-14H2,1-2H3. The Bertz CT molecular complexity index is 1240. The Labute approximate surface area is 192 Å². The van der Waals surface area contributed by atoms with E-state index in [0.717, 1.165) is 61.3 Å². The lowest BCUT2D eigenvalue weighted by Gasteiger charge is -2.58. The lowest BCUT2D eigenvalue weighted by Crippen LogP contribution is -2.64. The maximum absolute atomic E-state index is 14.2. The fourth-order valence-electron chi connectivity index (χ4n) is 5.87. The molecular formula is C25H28FN5O2. The van der Waals surface area contributed by atoms with E-state index in [2.05, 4.69) is 15.1 Å². The molecule has 1 saturated heterocycles. The summed E-state index contributed by atoms with van der Waals surface area (Å²) < 4.78 is 22.2. The molecule has 1 saturated carbocycles. The van der Waals surface area contributed by atoms with E-state index in [9.17, 15) is 9.18 Å². The van der Waals surface area contributed by atoms with Gasteiger partial charge in [0.2, 0.25) is 0 Å². The first-order valence-electron chi connectivity index (χ1n) is 11.7. The number of nitrogens with zero attached hydrogens (tertiary/aromatic N) is 5. The fraction of sp³-hybridized carbons (Fsp3) is 0.480. The van der Waals surface area contributed by atoms with Gasteiger partial charge in [-0.25, -0.2) is 4.39 Å². The van der Waals surface area contributed by atoms with Crippen LogP contribution in [0.15, 0.2) is 30.7 Å². The number of amides is 1. The van der Waals surface area contributed by atoms with Gasteiger partial charge in [-0.3, -0.25) is 9.20 Å². The summed E-state index contributed by atoms with van der Waals surface area (Å²) >= 11 is 0. The largest absolute Gasteiger partial charge is 0.490 e. The second kappa shape index (κ2) is 7.52. The predicted molar refractivity (Wildman–Crippen MR) is 121 cm³/mol. The van der Waals surface area contributed by atoms with Crippen molar-refractivity contribution in [3.05, 3.63) is 58.8 Å². The number of aromatic nitrogens is 3. The molecular weight excluding hydrogens is 421 g/mol. The number of aryl methyl sites for hydroxylation is 2. The van der Waals surface area contributed by atoms with E-state index in [1.807, 2.05) is 26.1 Å². The van der Waals surface area contributed by atoms with Crippen LogP contribution in [0, 0.1) is 18.2 Å². The van der Waals surface area contributed by atoms with Crippen molar-refractivity contribution < 1.29 is 13.9 Å². The normalized spacial score (nSPS) is 19.7. The molecule has 33 heavy (non-hydrogen) atoms. The second-order valence-electron chi connectivity index (χ2n) is 10.1. The molecule has 6 rings (SSSR count). The molecule has 8 heteroatoms. The summed E-state index contributed by atoms with van der Waals surface area (Å²) in [5.41, 5.74) is 4.64. The van der Waals surface area contributed by atoms with Crippen LogP contribution in [0.5, 0.6) is 5.75 Å². The van der Waals surface area contributed by atoms with Crippen molar-refractivity contribution in [1.82, 2.24) is 24.4 Å². The Balaban J connectivity index is 0.986. The molecule has 1 aromatic carbocycles. The number of halogens is 1. The Hall–Kier alpha value is -3.00. The zero-order valence-electron chi connectivity index (χ0n) is 19.1. The molecule has 2 fully saturated rings. The highest BCUT2D eigenvalue weighted by atomic mass is 19.1. The van der Waals surface area contributed by atoms with Crippen LogP contribution in [0.1, 0.15) is 46.3 Å². The van der Waals surface area contributed by atoms with E-state index in [1.165, 1.54) is 12.5 Å². The Morgan fingerprint density at radius 1 is 1.27 bits per heavy atom. The molecule has 1 spiro atoms. The summed E-state index contributed by atoms with van der Waals surface area (Å²) in [5.74, 6) is 0.766. The van der Waals surface area contributed by atoms with Crippen molar-refractivity contribution in [3.8, 4) is 5.75 Å². The number of hydrogen-bond acceptors (Lipinski definition) is 5. The molecule has 0 unspecified atom stereocenters. The maximum Gasteiger partial charge on any atom is 0.254 e. The molecule has 3 aromatic rings. The highest BCUT2D eigenvalue weighted by molar-refractivity contribution is 6.00. The third kappa shape index (κ3) is 3.47. The SMILES string of the molecule is Cc1ccc(OC2CC3(C2)CN(CCCc2cc4nncn4cc2F)C3)c2c1C(=O)N(C)C2. The Morgan fingerprint density at radius 2 is 2.09 bits per heavy atom. The number of rotatable bonds is 6. The zero-order chi connectivity index (χ0) is 22.7. The molecule has 0 atom stereocenters. The lowest BCUT2D eigenvalue weighted by atomic mass is 9.61. The third-order valence-corrected chi connectivity index (χ3v) is 7.55. The summed E-state index contributed by atoms with van der Waals surface area (Å²) in [7, 11) is 1.84. The smallest absolute Gasteiger partial charge is 0.254 e. The van der Waals surface area contributed by atoms with Gasteiger partial charge in [0.15, 0.2) is 5.65 Å². The summed E-state index contributed by atoms with van der Waals surface area (Å²) in [6, 6.07) is 5.81. The monoisotopic (exact) mass is 449 g/mol. The summed E-state index contributed by atoms with van der Waals surface area (Å²) in [5, 5.41) is 7.82. The molecule has 172 valence electrons. The van der Waals surface area contributed by atoms with E-state index < -0.39 is 0 Å². The van der Waals surface area contributed by atoms with E-state index in [0.29, 0.717) is 29.6 Å². The Kier molecular flexibility index (Phi) is 4.69. The van der Waals surface area contributed by atoms with Gasteiger partial charge < -0.3 is 14.5 Å². The average Bonchev–Trinajstić information content (AvgIpc) is 3.30. The quantitative estimate of drug-likeness (QED) is 0.578. The first kappa shape index (κ1) is 20.6. The van der Waals surface area contributed by atoms with E-state index in [1.54, 1.807) is 15.4 Å². The number of hydrogen-bond donors (Lipinski definition) is 0. The fourth-order valence-corrected chi connectivity index (χ4v) is 5.87. The van der Waals surface area contributed by atoms with Crippen molar-refractivity contribution in [2.75, 3.05) is 26.7 Å². The maximum atomic E-state index is 14.2. The van der Waals surface area contributed by atoms with Gasteiger partial charge in [0.1, 0.15) is 17.9 Å². The number of carbonyl (C=O) groups excluding carboxylic acids is 1. The van der Waals surface area contributed by atoms with Crippen LogP contribution < -0.4 is 4.74 Å². The van der Waals surface area contributed by atoms with Crippen LogP contribution in [-0.4, -0.2) is 63.1 Å². The van der Waals surface area contributed by atoms with Crippen molar-refractivity contribution in [1.29, 1.82) is 0 Å². The highest BCUT2D eigenvalue weighted by Gasteiger charge is 2.53. The topological polar surface area (TPSA) is 63.0 Å². The van der Waals surface area contributed by atoms with Crippen LogP contribution >= 0.6 is 0 Å². The number of fused-ring (bicyclic) bond motifs is 2. The molecule has 3 aliphatic rings. The molecule has 1 amide bonds. The van der Waals surface area contributed by atoms with Crippen LogP contribution in [0.3, 0.4) is 0 Å². The molecule has 1 aliphatic carbocycles. The Morgan fingerprint density at radius 3 is 2.91 bits per heavy atom. The van der Waals surface area contributed by atoms with Crippen LogP contribution in [0.25, 0.3) is 5.65 Å². The number of likely N-dealkylation sites (tertiary alicyclic amines) is 1. The van der Waals surface area contributed by atoms with Gasteiger partial charge in [-0.1, -0.05) is 6.07 Å². The van der Waals surface area contributed by atoms with E-state index in [4.69, 9.17) is 4.74 Å². The van der Waals surface area contributed by atoms with Gasteiger partial charge in [0, 0.05) is 37.3 Å². The molecule has 0 N–H and O–H groups in total. The van der Waals surface area contributed by atoms with Gasteiger partial charge >= 0.3 is 0 Å². The van der Waals surface area contributed by atoms with Gasteiger partial charge in [-0.05, 0) is 62.4 Å². The predicted octanol–water partition coefficient (Wildman–Crippen LogP) is 3.24. The van der Waals surface area contributed by atoms with Gasteiger partial charge in [-0.2, -0.15) is 0 Å². The van der Waals surface area contributed by atoms with Crippen LogP contribution in [-0.2, 0) is 13.0 Å². The molecule has 0 radical (unpaired) electrons. The van der Waals surface area contributed by atoms with Crippen molar-refractivity contribution in [3.63, 3.8) is 0 Å². The summed E-state index contributed by atoms with van der Waals surface area (Å²) in [6.07, 6.45) is 6.95. The van der Waals surface area contributed by atoms with Crippen molar-refractivity contribution >= 4 is 11.6 Å². The molecule has 0 bridgehead atoms. The minimum Gasteiger partial charge on any atom is -0.490 e. The van der Waals surface area contributed by atoms with Gasteiger partial charge in [0.25, 0.3) is 5.91 Å². The zero-order valence-corrected chi connectivity index (χ0v) is 19.1. The lowest BCUT2D eigenvalue weighted by molar-refractivity contribution is -0.119. The number of ether oxygens (including phenoxy) is 1. The first-order valence-corrected chi connectivity index (χ1v) is 11.7. The number of carbonyl (C=O) groups is 1. The summed E-state index contributed by atoms with van der Waals surface area (Å²) in [6.45, 7) is 5.77. The number of pyridine rings is 1. The van der Waals surface area contributed by atoms with Crippen LogP contribution in [0.4, 0.5) is 4.39 Å². The molecule has 2 aromatic heterocycles. The highest BCUT2D eigenvalue weighted by Crippen LogP contribution is 2.50.